The van der Waals surface area contributed by atoms with Gasteiger partial charge in [-0.2, -0.15) is 5.10 Å². The van der Waals surface area contributed by atoms with Crippen LogP contribution in [0.4, 0.5) is 0 Å². The van der Waals surface area contributed by atoms with Crippen molar-refractivity contribution in [1.29, 1.82) is 0 Å². The summed E-state index contributed by atoms with van der Waals surface area (Å²) in [7, 11) is 0. The van der Waals surface area contributed by atoms with Crippen LogP contribution in [0.1, 0.15) is 20.3 Å². The second-order valence-corrected chi connectivity index (χ2v) is 7.41. The van der Waals surface area contributed by atoms with Gasteiger partial charge in [-0.05, 0) is 36.8 Å². The zero-order chi connectivity index (χ0) is 20.0. The number of carboxylic acid groups (broad SMARTS) is 1. The van der Waals surface area contributed by atoms with Crippen LogP contribution < -0.4 is 10.9 Å². The van der Waals surface area contributed by atoms with Gasteiger partial charge in [0.15, 0.2) is 0 Å². The number of rotatable bonds is 8. The fourth-order valence-corrected chi connectivity index (χ4v) is 2.96. The molecule has 0 fully saturated rings. The van der Waals surface area contributed by atoms with Crippen molar-refractivity contribution in [2.24, 2.45) is 5.92 Å². The molecule has 2 aromatic rings. The van der Waals surface area contributed by atoms with Crippen molar-refractivity contribution in [3.8, 4) is 11.3 Å². The van der Waals surface area contributed by atoms with E-state index in [1.165, 1.54) is 6.07 Å². The van der Waals surface area contributed by atoms with Gasteiger partial charge in [-0.3, -0.25) is 9.59 Å². The number of amides is 1. The third-order valence-corrected chi connectivity index (χ3v) is 4.63. The summed E-state index contributed by atoms with van der Waals surface area (Å²) in [5.41, 5.74) is 0.961. The van der Waals surface area contributed by atoms with Crippen molar-refractivity contribution in [3.05, 3.63) is 46.8 Å². The van der Waals surface area contributed by atoms with Crippen LogP contribution in [0.15, 0.2) is 46.1 Å². The molecule has 0 aliphatic heterocycles. The van der Waals surface area contributed by atoms with E-state index < -0.39 is 23.5 Å². The van der Waals surface area contributed by atoms with Gasteiger partial charge in [0.2, 0.25) is 5.91 Å². The van der Waals surface area contributed by atoms with Crippen molar-refractivity contribution < 1.29 is 14.7 Å². The molecule has 7 nitrogen and oxygen atoms in total. The monoisotopic (exact) mass is 389 g/mol. The van der Waals surface area contributed by atoms with Crippen molar-refractivity contribution >= 4 is 23.6 Å². The zero-order valence-electron chi connectivity index (χ0n) is 15.5. The van der Waals surface area contributed by atoms with Gasteiger partial charge >= 0.3 is 5.97 Å². The van der Waals surface area contributed by atoms with Gasteiger partial charge in [0.05, 0.1) is 5.69 Å². The van der Waals surface area contributed by atoms with Crippen molar-refractivity contribution in [2.75, 3.05) is 6.26 Å². The van der Waals surface area contributed by atoms with E-state index >= 15 is 0 Å². The van der Waals surface area contributed by atoms with Crippen LogP contribution >= 0.6 is 11.8 Å². The van der Waals surface area contributed by atoms with E-state index in [-0.39, 0.29) is 12.5 Å². The minimum absolute atomic E-state index is 0.111. The highest BCUT2D eigenvalue weighted by Gasteiger charge is 2.21. The predicted molar refractivity (Wildman–Crippen MR) is 105 cm³/mol. The molecule has 1 heterocycles. The van der Waals surface area contributed by atoms with Crippen LogP contribution in [0.25, 0.3) is 11.3 Å². The number of carboxylic acids is 1. The van der Waals surface area contributed by atoms with E-state index in [4.69, 9.17) is 0 Å². The lowest BCUT2D eigenvalue weighted by atomic mass is 10.0. The molecule has 1 amide bonds. The predicted octanol–water partition coefficient (Wildman–Crippen LogP) is 2.25. The number of nitrogens with zero attached hydrogens (tertiary/aromatic N) is 2. The van der Waals surface area contributed by atoms with E-state index in [1.54, 1.807) is 17.8 Å². The molecule has 2 N–H and O–H groups in total. The summed E-state index contributed by atoms with van der Waals surface area (Å²) in [5, 5.41) is 15.9. The summed E-state index contributed by atoms with van der Waals surface area (Å²) in [6, 6.07) is 9.65. The lowest BCUT2D eigenvalue weighted by Gasteiger charge is -2.16. The number of carbonyl (C=O) groups excluding carboxylic acids is 1. The summed E-state index contributed by atoms with van der Waals surface area (Å²) in [6.07, 6.45) is 2.29. The molecule has 27 heavy (non-hydrogen) atoms. The number of thioether (sulfide) groups is 1. The summed E-state index contributed by atoms with van der Waals surface area (Å²) >= 11 is 1.62. The molecule has 8 heteroatoms. The van der Waals surface area contributed by atoms with E-state index in [9.17, 15) is 19.5 Å². The first-order valence-electron chi connectivity index (χ1n) is 8.55. The van der Waals surface area contributed by atoms with E-state index in [1.807, 2.05) is 44.4 Å². The Morgan fingerprint density at radius 2 is 1.85 bits per heavy atom. The molecule has 0 radical (unpaired) electrons. The van der Waals surface area contributed by atoms with Gasteiger partial charge in [-0.1, -0.05) is 26.0 Å². The Kier molecular flexibility index (Phi) is 7.18. The average Bonchev–Trinajstić information content (AvgIpc) is 2.62. The molecule has 0 aliphatic rings. The highest BCUT2D eigenvalue weighted by atomic mass is 32.2. The summed E-state index contributed by atoms with van der Waals surface area (Å²) in [5.74, 6) is -1.55. The average molecular weight is 389 g/mol. The fraction of sp³-hybridized carbons (Fsp3) is 0.368. The SMILES string of the molecule is CSc1ccc(-c2ccc(=O)n(CC(=O)N[C@@H](CC(C)C)C(=O)O)n2)cc1. The Balaban J connectivity index is 2.16. The number of aliphatic carboxylic acids is 1. The Morgan fingerprint density at radius 1 is 1.19 bits per heavy atom. The van der Waals surface area contributed by atoms with Gasteiger partial charge in [-0.25, -0.2) is 9.48 Å². The maximum absolute atomic E-state index is 12.2. The summed E-state index contributed by atoms with van der Waals surface area (Å²) < 4.78 is 1.04. The van der Waals surface area contributed by atoms with Crippen LogP contribution in [-0.2, 0) is 16.1 Å². The second-order valence-electron chi connectivity index (χ2n) is 6.53. The maximum atomic E-state index is 12.2. The molecule has 0 bridgehead atoms. The third kappa shape index (κ3) is 5.96. The highest BCUT2D eigenvalue weighted by molar-refractivity contribution is 7.98. The van der Waals surface area contributed by atoms with Crippen LogP contribution in [-0.4, -0.2) is 39.1 Å². The molecule has 0 unspecified atom stereocenters. The van der Waals surface area contributed by atoms with Gasteiger partial charge in [-0.15, -0.1) is 11.8 Å². The third-order valence-electron chi connectivity index (χ3n) is 3.89. The summed E-state index contributed by atoms with van der Waals surface area (Å²) in [6.45, 7) is 3.41. The van der Waals surface area contributed by atoms with E-state index in [0.717, 1.165) is 15.1 Å². The second kappa shape index (κ2) is 9.36. The minimum Gasteiger partial charge on any atom is -0.480 e. The first kappa shape index (κ1) is 20.7. The Labute approximate surface area is 161 Å². The number of hydrogen-bond acceptors (Lipinski definition) is 5. The minimum atomic E-state index is -1.10. The van der Waals surface area contributed by atoms with Crippen LogP contribution in [0, 0.1) is 5.92 Å². The standard InChI is InChI=1S/C19H23N3O4S/c1-12(2)10-16(19(25)26)20-17(23)11-22-18(24)9-8-15(21-22)13-4-6-14(27-3)7-5-13/h4-9,12,16H,10-11H2,1-3H3,(H,20,23)(H,25,26)/t16-/m0/s1. The first-order chi connectivity index (χ1) is 12.8. The number of carbonyl (C=O) groups is 2. The maximum Gasteiger partial charge on any atom is 0.326 e. The molecule has 1 atom stereocenters. The molecule has 0 spiro atoms. The largest absolute Gasteiger partial charge is 0.480 e. The molecular weight excluding hydrogens is 366 g/mol. The first-order valence-corrected chi connectivity index (χ1v) is 9.77. The van der Waals surface area contributed by atoms with Crippen molar-refractivity contribution in [1.82, 2.24) is 15.1 Å². The zero-order valence-corrected chi connectivity index (χ0v) is 16.3. The van der Waals surface area contributed by atoms with E-state index in [2.05, 4.69) is 10.4 Å². The van der Waals surface area contributed by atoms with E-state index in [0.29, 0.717) is 12.1 Å². The topological polar surface area (TPSA) is 101 Å². The lowest BCUT2D eigenvalue weighted by Crippen LogP contribution is -2.44. The Hall–Kier alpha value is -2.61. The highest BCUT2D eigenvalue weighted by Crippen LogP contribution is 2.20. The van der Waals surface area contributed by atoms with Crippen molar-refractivity contribution in [2.45, 2.75) is 37.8 Å². The van der Waals surface area contributed by atoms with Gasteiger partial charge < -0.3 is 10.4 Å². The molecular formula is C19H23N3O4S. The molecule has 1 aromatic carbocycles. The van der Waals surface area contributed by atoms with Gasteiger partial charge in [0, 0.05) is 16.5 Å². The lowest BCUT2D eigenvalue weighted by molar-refractivity contribution is -0.142. The Bertz CT molecular complexity index is 862. The number of benzene rings is 1. The van der Waals surface area contributed by atoms with Crippen LogP contribution in [0.5, 0.6) is 0 Å². The number of hydrogen-bond donors (Lipinski definition) is 2. The smallest absolute Gasteiger partial charge is 0.326 e. The number of aromatic nitrogens is 2. The summed E-state index contributed by atoms with van der Waals surface area (Å²) in [4.78, 5) is 36.6. The Morgan fingerprint density at radius 3 is 2.41 bits per heavy atom. The molecule has 2 rings (SSSR count). The van der Waals surface area contributed by atoms with Crippen LogP contribution in [0.2, 0.25) is 0 Å². The molecule has 1 aromatic heterocycles. The normalized spacial score (nSPS) is 12.0. The van der Waals surface area contributed by atoms with Gasteiger partial charge in [0.1, 0.15) is 12.6 Å². The molecule has 0 aliphatic carbocycles. The fourth-order valence-electron chi connectivity index (χ4n) is 2.55. The van der Waals surface area contributed by atoms with Crippen molar-refractivity contribution in [3.63, 3.8) is 0 Å². The molecule has 144 valence electrons. The molecule has 0 saturated carbocycles. The van der Waals surface area contributed by atoms with Crippen LogP contribution in [0.3, 0.4) is 0 Å². The van der Waals surface area contributed by atoms with Gasteiger partial charge in [0.25, 0.3) is 5.56 Å². The quantitative estimate of drug-likeness (QED) is 0.672. The number of nitrogens with one attached hydrogen (secondary N) is 1. The molecule has 0 saturated heterocycles.